The Hall–Kier alpha value is -3.48. The number of aliphatic carboxylic acids is 1. The Kier molecular flexibility index (Phi) is 6.39. The lowest BCUT2D eigenvalue weighted by atomic mass is 10.0. The van der Waals surface area contributed by atoms with E-state index in [4.69, 9.17) is 5.11 Å². The molecule has 150 valence electrons. The summed E-state index contributed by atoms with van der Waals surface area (Å²) in [5.74, 6) is -0.839. The third kappa shape index (κ3) is 5.51. The van der Waals surface area contributed by atoms with Gasteiger partial charge < -0.3 is 15.4 Å². The van der Waals surface area contributed by atoms with E-state index in [2.05, 4.69) is 15.3 Å². The van der Waals surface area contributed by atoms with Gasteiger partial charge in [-0.3, -0.25) is 14.4 Å². The minimum atomic E-state index is -0.829. The summed E-state index contributed by atoms with van der Waals surface area (Å²) >= 11 is 0. The molecule has 0 spiro atoms. The van der Waals surface area contributed by atoms with Crippen LogP contribution in [0.2, 0.25) is 0 Å². The average Bonchev–Trinajstić information content (AvgIpc) is 2.69. The molecule has 29 heavy (non-hydrogen) atoms. The SMILES string of the molecule is CC(Cc1ccc(NC(=O)CCCc2nc3ccccc3c(=O)[nH]2)cc1)C(=O)O. The van der Waals surface area contributed by atoms with Crippen molar-refractivity contribution in [2.24, 2.45) is 5.92 Å². The van der Waals surface area contributed by atoms with Crippen LogP contribution in [0.4, 0.5) is 5.69 Å². The van der Waals surface area contributed by atoms with Gasteiger partial charge in [0, 0.05) is 18.5 Å². The number of hydrogen-bond donors (Lipinski definition) is 3. The van der Waals surface area contributed by atoms with Crippen molar-refractivity contribution in [2.45, 2.75) is 32.6 Å². The first-order chi connectivity index (χ1) is 13.9. The number of aryl methyl sites for hydroxylation is 1. The molecule has 1 unspecified atom stereocenters. The number of fused-ring (bicyclic) bond motifs is 1. The van der Waals surface area contributed by atoms with Gasteiger partial charge in [0.15, 0.2) is 0 Å². The number of hydrogen-bond acceptors (Lipinski definition) is 4. The first-order valence-electron chi connectivity index (χ1n) is 9.52. The van der Waals surface area contributed by atoms with Gasteiger partial charge in [-0.15, -0.1) is 0 Å². The van der Waals surface area contributed by atoms with E-state index in [1.165, 1.54) is 0 Å². The summed E-state index contributed by atoms with van der Waals surface area (Å²) in [7, 11) is 0. The Morgan fingerprint density at radius 2 is 1.86 bits per heavy atom. The number of nitrogens with one attached hydrogen (secondary N) is 2. The van der Waals surface area contributed by atoms with Crippen LogP contribution in [-0.4, -0.2) is 27.0 Å². The van der Waals surface area contributed by atoms with Crippen LogP contribution >= 0.6 is 0 Å². The van der Waals surface area contributed by atoms with Gasteiger partial charge in [-0.2, -0.15) is 0 Å². The first kappa shape index (κ1) is 20.3. The van der Waals surface area contributed by atoms with Crippen molar-refractivity contribution in [1.29, 1.82) is 0 Å². The minimum absolute atomic E-state index is 0.125. The van der Waals surface area contributed by atoms with Gasteiger partial charge in [0.2, 0.25) is 5.91 Å². The van der Waals surface area contributed by atoms with Crippen LogP contribution in [0.3, 0.4) is 0 Å². The molecule has 7 heteroatoms. The summed E-state index contributed by atoms with van der Waals surface area (Å²) < 4.78 is 0. The van der Waals surface area contributed by atoms with Crippen molar-refractivity contribution in [1.82, 2.24) is 9.97 Å². The third-order valence-corrected chi connectivity index (χ3v) is 4.68. The number of amides is 1. The van der Waals surface area contributed by atoms with Crippen LogP contribution in [0, 0.1) is 5.92 Å². The average molecular weight is 393 g/mol. The summed E-state index contributed by atoms with van der Waals surface area (Å²) in [6, 6.07) is 14.3. The van der Waals surface area contributed by atoms with Crippen LogP contribution in [0.15, 0.2) is 53.3 Å². The van der Waals surface area contributed by atoms with Gasteiger partial charge in [-0.25, -0.2) is 4.98 Å². The highest BCUT2D eigenvalue weighted by molar-refractivity contribution is 5.90. The summed E-state index contributed by atoms with van der Waals surface area (Å²) in [6.07, 6.45) is 1.80. The Morgan fingerprint density at radius 1 is 1.14 bits per heavy atom. The zero-order valence-electron chi connectivity index (χ0n) is 16.1. The standard InChI is InChI=1S/C22H23N3O4/c1-14(22(28)29)13-15-9-11-16(12-10-15)23-20(26)8-4-7-19-24-18-6-3-2-5-17(18)21(27)25-19/h2-3,5-6,9-12,14H,4,7-8,13H2,1H3,(H,23,26)(H,28,29)(H,24,25,27). The summed E-state index contributed by atoms with van der Waals surface area (Å²) in [5, 5.41) is 12.3. The zero-order valence-corrected chi connectivity index (χ0v) is 16.1. The molecule has 0 aliphatic carbocycles. The Bertz CT molecular complexity index is 1070. The number of carbonyl (C=O) groups excluding carboxylic acids is 1. The van der Waals surface area contributed by atoms with Crippen molar-refractivity contribution in [3.63, 3.8) is 0 Å². The van der Waals surface area contributed by atoms with Gasteiger partial charge in [0.05, 0.1) is 16.8 Å². The molecule has 1 amide bonds. The van der Waals surface area contributed by atoms with Crippen LogP contribution in [0.1, 0.15) is 31.2 Å². The first-order valence-corrected chi connectivity index (χ1v) is 9.52. The van der Waals surface area contributed by atoms with Gasteiger partial charge in [0.25, 0.3) is 5.56 Å². The van der Waals surface area contributed by atoms with Gasteiger partial charge >= 0.3 is 5.97 Å². The maximum absolute atomic E-state index is 12.2. The minimum Gasteiger partial charge on any atom is -0.481 e. The lowest BCUT2D eigenvalue weighted by Crippen LogP contribution is -2.14. The smallest absolute Gasteiger partial charge is 0.306 e. The van der Waals surface area contributed by atoms with Crippen molar-refractivity contribution in [3.05, 3.63) is 70.3 Å². The number of aromatic nitrogens is 2. The number of carboxylic acids is 1. The van der Waals surface area contributed by atoms with Crippen LogP contribution in [-0.2, 0) is 22.4 Å². The van der Waals surface area contributed by atoms with Gasteiger partial charge in [-0.05, 0) is 42.7 Å². The monoisotopic (exact) mass is 393 g/mol. The number of rotatable bonds is 8. The van der Waals surface area contributed by atoms with E-state index in [1.54, 1.807) is 37.3 Å². The summed E-state index contributed by atoms with van der Waals surface area (Å²) in [5.41, 5.74) is 2.04. The molecule has 1 atom stereocenters. The van der Waals surface area contributed by atoms with Gasteiger partial charge in [0.1, 0.15) is 5.82 Å². The molecule has 1 heterocycles. The number of anilines is 1. The zero-order chi connectivity index (χ0) is 20.8. The fourth-order valence-corrected chi connectivity index (χ4v) is 3.06. The predicted octanol–water partition coefficient (Wildman–Crippen LogP) is 3.15. The van der Waals surface area contributed by atoms with E-state index in [9.17, 15) is 14.4 Å². The van der Waals surface area contributed by atoms with Crippen molar-refractivity contribution < 1.29 is 14.7 Å². The van der Waals surface area contributed by atoms with E-state index in [-0.39, 0.29) is 11.5 Å². The number of H-pyrrole nitrogens is 1. The molecule has 3 N–H and O–H groups in total. The maximum atomic E-state index is 12.2. The normalized spacial score (nSPS) is 11.9. The second-order valence-electron chi connectivity index (χ2n) is 7.07. The molecule has 1 aromatic heterocycles. The van der Waals surface area contributed by atoms with E-state index in [0.29, 0.717) is 48.1 Å². The fraction of sp³-hybridized carbons (Fsp3) is 0.273. The molecule has 0 saturated carbocycles. The molecule has 0 bridgehead atoms. The predicted molar refractivity (Wildman–Crippen MR) is 111 cm³/mol. The largest absolute Gasteiger partial charge is 0.481 e. The van der Waals surface area contributed by atoms with Crippen LogP contribution in [0.5, 0.6) is 0 Å². The number of carbonyl (C=O) groups is 2. The van der Waals surface area contributed by atoms with Crippen LogP contribution < -0.4 is 10.9 Å². The summed E-state index contributed by atoms with van der Waals surface area (Å²) in [4.78, 5) is 42.3. The molecule has 2 aromatic carbocycles. The number of benzene rings is 2. The Labute approximate surface area is 167 Å². The molecule has 0 saturated heterocycles. The topological polar surface area (TPSA) is 112 Å². The van der Waals surface area contributed by atoms with E-state index in [0.717, 1.165) is 5.56 Å². The Morgan fingerprint density at radius 3 is 2.59 bits per heavy atom. The lowest BCUT2D eigenvalue weighted by molar-refractivity contribution is -0.141. The van der Waals surface area contributed by atoms with Gasteiger partial charge in [-0.1, -0.05) is 31.2 Å². The van der Waals surface area contributed by atoms with E-state index >= 15 is 0 Å². The molecule has 3 aromatic rings. The molecular formula is C22H23N3O4. The molecule has 0 aliphatic heterocycles. The molecule has 0 aliphatic rings. The number of carboxylic acid groups (broad SMARTS) is 1. The van der Waals surface area contributed by atoms with Crippen molar-refractivity contribution in [2.75, 3.05) is 5.32 Å². The van der Waals surface area contributed by atoms with Crippen LogP contribution in [0.25, 0.3) is 10.9 Å². The highest BCUT2D eigenvalue weighted by Crippen LogP contribution is 2.14. The van der Waals surface area contributed by atoms with E-state index < -0.39 is 11.9 Å². The second kappa shape index (κ2) is 9.14. The maximum Gasteiger partial charge on any atom is 0.306 e. The molecule has 0 fully saturated rings. The highest BCUT2D eigenvalue weighted by atomic mass is 16.4. The Balaban J connectivity index is 1.50. The molecule has 3 rings (SSSR count). The number of aromatic amines is 1. The fourth-order valence-electron chi connectivity index (χ4n) is 3.06. The summed E-state index contributed by atoms with van der Waals surface area (Å²) in [6.45, 7) is 1.66. The highest BCUT2D eigenvalue weighted by Gasteiger charge is 2.11. The molecule has 7 nitrogen and oxygen atoms in total. The quantitative estimate of drug-likeness (QED) is 0.544. The third-order valence-electron chi connectivity index (χ3n) is 4.68. The number of para-hydroxylation sites is 1. The lowest BCUT2D eigenvalue weighted by Gasteiger charge is -2.09. The van der Waals surface area contributed by atoms with Crippen molar-refractivity contribution >= 4 is 28.5 Å². The van der Waals surface area contributed by atoms with Crippen molar-refractivity contribution in [3.8, 4) is 0 Å². The molecule has 0 radical (unpaired) electrons. The molecular weight excluding hydrogens is 370 g/mol. The van der Waals surface area contributed by atoms with E-state index in [1.807, 2.05) is 18.2 Å². The number of nitrogens with zero attached hydrogens (tertiary/aromatic N) is 1. The second-order valence-corrected chi connectivity index (χ2v) is 7.07.